The molecule has 0 radical (unpaired) electrons. The van der Waals surface area contributed by atoms with Gasteiger partial charge in [-0.05, 0) is 35.4 Å². The van der Waals surface area contributed by atoms with Crippen LogP contribution in [0.1, 0.15) is 15.9 Å². The van der Waals surface area contributed by atoms with E-state index in [0.29, 0.717) is 16.7 Å². The first-order valence-electron chi connectivity index (χ1n) is 5.73. The van der Waals surface area contributed by atoms with Crippen molar-refractivity contribution in [3.63, 3.8) is 0 Å². The summed E-state index contributed by atoms with van der Waals surface area (Å²) in [5.74, 6) is -0.942. The van der Waals surface area contributed by atoms with Crippen LogP contribution in [0, 0.1) is 5.82 Å². The lowest BCUT2D eigenvalue weighted by Gasteiger charge is -2.07. The van der Waals surface area contributed by atoms with Crippen LogP contribution in [-0.2, 0) is 11.3 Å². The predicted molar refractivity (Wildman–Crippen MR) is 69.1 cm³/mol. The van der Waals surface area contributed by atoms with Crippen molar-refractivity contribution in [2.75, 3.05) is 7.11 Å². The first-order chi connectivity index (χ1) is 9.15. The third-order valence-electron chi connectivity index (χ3n) is 2.81. The van der Waals surface area contributed by atoms with E-state index < -0.39 is 11.8 Å². The summed E-state index contributed by atoms with van der Waals surface area (Å²) in [4.78, 5) is 11.4. The van der Waals surface area contributed by atoms with Gasteiger partial charge in [-0.1, -0.05) is 18.2 Å². The molecular formula is C15H13FO3. The van der Waals surface area contributed by atoms with Crippen LogP contribution in [-0.4, -0.2) is 18.2 Å². The summed E-state index contributed by atoms with van der Waals surface area (Å²) in [5.41, 5.74) is 1.88. The Labute approximate surface area is 110 Å². The molecule has 3 nitrogen and oxygen atoms in total. The third kappa shape index (κ3) is 2.80. The van der Waals surface area contributed by atoms with E-state index in [2.05, 4.69) is 4.74 Å². The third-order valence-corrected chi connectivity index (χ3v) is 2.81. The molecule has 0 fully saturated rings. The molecule has 2 aromatic rings. The van der Waals surface area contributed by atoms with Crippen molar-refractivity contribution in [2.24, 2.45) is 0 Å². The molecule has 0 aliphatic carbocycles. The normalized spacial score (nSPS) is 10.3. The molecule has 0 amide bonds. The summed E-state index contributed by atoms with van der Waals surface area (Å²) in [7, 11) is 1.28. The molecule has 0 saturated carbocycles. The van der Waals surface area contributed by atoms with Gasteiger partial charge in [-0.2, -0.15) is 0 Å². The van der Waals surface area contributed by atoms with Crippen LogP contribution in [0.2, 0.25) is 0 Å². The topological polar surface area (TPSA) is 46.5 Å². The highest BCUT2D eigenvalue weighted by molar-refractivity contribution is 5.91. The number of halogens is 1. The fourth-order valence-corrected chi connectivity index (χ4v) is 1.83. The number of benzene rings is 2. The maximum atomic E-state index is 13.8. The van der Waals surface area contributed by atoms with E-state index in [1.54, 1.807) is 24.3 Å². The lowest BCUT2D eigenvalue weighted by atomic mass is 10.0. The van der Waals surface area contributed by atoms with Gasteiger partial charge in [0.15, 0.2) is 0 Å². The summed E-state index contributed by atoms with van der Waals surface area (Å²) in [6, 6.07) is 10.9. The van der Waals surface area contributed by atoms with E-state index in [4.69, 9.17) is 5.11 Å². The second-order valence-electron chi connectivity index (χ2n) is 4.04. The molecule has 0 atom stereocenters. The molecule has 0 aliphatic heterocycles. The molecule has 98 valence electrons. The van der Waals surface area contributed by atoms with Gasteiger partial charge in [-0.15, -0.1) is 0 Å². The molecule has 0 aromatic heterocycles. The largest absolute Gasteiger partial charge is 0.465 e. The number of aliphatic hydroxyl groups is 1. The van der Waals surface area contributed by atoms with Crippen LogP contribution >= 0.6 is 0 Å². The number of carbonyl (C=O) groups is 1. The van der Waals surface area contributed by atoms with Crippen molar-refractivity contribution in [3.8, 4) is 11.1 Å². The maximum absolute atomic E-state index is 13.8. The highest BCUT2D eigenvalue weighted by Crippen LogP contribution is 2.25. The van der Waals surface area contributed by atoms with Crippen LogP contribution in [0.4, 0.5) is 4.39 Å². The van der Waals surface area contributed by atoms with Crippen molar-refractivity contribution in [1.29, 1.82) is 0 Å². The van der Waals surface area contributed by atoms with E-state index in [0.717, 1.165) is 0 Å². The van der Waals surface area contributed by atoms with Crippen molar-refractivity contribution in [3.05, 3.63) is 59.4 Å². The summed E-state index contributed by atoms with van der Waals surface area (Å²) in [6.45, 7) is -0.119. The van der Waals surface area contributed by atoms with E-state index in [1.165, 1.54) is 25.3 Å². The van der Waals surface area contributed by atoms with Gasteiger partial charge in [0.25, 0.3) is 0 Å². The number of rotatable bonds is 3. The number of aliphatic hydroxyl groups excluding tert-OH is 1. The Morgan fingerprint density at radius 3 is 2.74 bits per heavy atom. The highest BCUT2D eigenvalue weighted by atomic mass is 19.1. The zero-order chi connectivity index (χ0) is 13.8. The molecule has 4 heteroatoms. The van der Waals surface area contributed by atoms with E-state index in [-0.39, 0.29) is 12.2 Å². The standard InChI is InChI=1S/C15H13FO3/c1-19-15(18)12-5-6-14(16)13(8-12)11-4-2-3-10(7-11)9-17/h2-8,17H,9H2,1H3. The van der Waals surface area contributed by atoms with Crippen LogP contribution in [0.15, 0.2) is 42.5 Å². The zero-order valence-corrected chi connectivity index (χ0v) is 10.4. The zero-order valence-electron chi connectivity index (χ0n) is 10.4. The molecule has 1 N–H and O–H groups in total. The Balaban J connectivity index is 2.51. The Hall–Kier alpha value is -2.20. The van der Waals surface area contributed by atoms with Gasteiger partial charge in [0.2, 0.25) is 0 Å². The molecule has 0 bridgehead atoms. The fraction of sp³-hybridized carbons (Fsp3) is 0.133. The van der Waals surface area contributed by atoms with Gasteiger partial charge in [-0.25, -0.2) is 9.18 Å². The molecular weight excluding hydrogens is 247 g/mol. The van der Waals surface area contributed by atoms with Crippen molar-refractivity contribution >= 4 is 5.97 Å². The smallest absolute Gasteiger partial charge is 0.337 e. The average molecular weight is 260 g/mol. The molecule has 19 heavy (non-hydrogen) atoms. The van der Waals surface area contributed by atoms with E-state index in [9.17, 15) is 9.18 Å². The quantitative estimate of drug-likeness (QED) is 0.863. The van der Waals surface area contributed by atoms with Crippen molar-refractivity contribution < 1.29 is 19.0 Å². The van der Waals surface area contributed by atoms with Gasteiger partial charge in [-0.3, -0.25) is 0 Å². The molecule has 2 aromatic carbocycles. The summed E-state index contributed by atoms with van der Waals surface area (Å²) in [5, 5.41) is 9.09. The number of ether oxygens (including phenoxy) is 1. The Morgan fingerprint density at radius 1 is 1.26 bits per heavy atom. The molecule has 0 aliphatic rings. The van der Waals surface area contributed by atoms with Gasteiger partial charge < -0.3 is 9.84 Å². The Bertz CT molecular complexity index is 608. The van der Waals surface area contributed by atoms with Crippen LogP contribution in [0.25, 0.3) is 11.1 Å². The second-order valence-corrected chi connectivity index (χ2v) is 4.04. The fourth-order valence-electron chi connectivity index (χ4n) is 1.83. The number of esters is 1. The van der Waals surface area contributed by atoms with Crippen LogP contribution < -0.4 is 0 Å². The Kier molecular flexibility index (Phi) is 3.92. The number of hydrogen-bond acceptors (Lipinski definition) is 3. The minimum atomic E-state index is -0.514. The van der Waals surface area contributed by atoms with E-state index >= 15 is 0 Å². The molecule has 0 heterocycles. The number of methoxy groups -OCH3 is 1. The summed E-state index contributed by atoms with van der Waals surface area (Å²) >= 11 is 0. The Morgan fingerprint density at radius 2 is 2.05 bits per heavy atom. The van der Waals surface area contributed by atoms with Crippen LogP contribution in [0.3, 0.4) is 0 Å². The minimum Gasteiger partial charge on any atom is -0.465 e. The van der Waals surface area contributed by atoms with Crippen molar-refractivity contribution in [1.82, 2.24) is 0 Å². The maximum Gasteiger partial charge on any atom is 0.337 e. The number of carbonyl (C=O) groups excluding carboxylic acids is 1. The predicted octanol–water partition coefficient (Wildman–Crippen LogP) is 2.77. The summed E-state index contributed by atoms with van der Waals surface area (Å²) < 4.78 is 18.5. The SMILES string of the molecule is COC(=O)c1ccc(F)c(-c2cccc(CO)c2)c1. The molecule has 0 unspecified atom stereocenters. The molecule has 0 saturated heterocycles. The lowest BCUT2D eigenvalue weighted by Crippen LogP contribution is -2.02. The van der Waals surface area contributed by atoms with Crippen LogP contribution in [0.5, 0.6) is 0 Å². The lowest BCUT2D eigenvalue weighted by molar-refractivity contribution is 0.0600. The first-order valence-corrected chi connectivity index (χ1v) is 5.73. The van der Waals surface area contributed by atoms with Gasteiger partial charge in [0.05, 0.1) is 19.3 Å². The second kappa shape index (κ2) is 5.63. The minimum absolute atomic E-state index is 0.119. The monoisotopic (exact) mass is 260 g/mol. The average Bonchev–Trinajstić information content (AvgIpc) is 2.47. The van der Waals surface area contributed by atoms with Gasteiger partial charge >= 0.3 is 5.97 Å². The summed E-state index contributed by atoms with van der Waals surface area (Å²) in [6.07, 6.45) is 0. The van der Waals surface area contributed by atoms with Gasteiger partial charge in [0, 0.05) is 5.56 Å². The van der Waals surface area contributed by atoms with E-state index in [1.807, 2.05) is 0 Å². The molecule has 2 rings (SSSR count). The molecule has 0 spiro atoms. The highest BCUT2D eigenvalue weighted by Gasteiger charge is 2.11. The first kappa shape index (κ1) is 13.2. The van der Waals surface area contributed by atoms with Gasteiger partial charge in [0.1, 0.15) is 5.82 Å². The van der Waals surface area contributed by atoms with Crippen molar-refractivity contribution in [2.45, 2.75) is 6.61 Å². The number of hydrogen-bond donors (Lipinski definition) is 1.